The summed E-state index contributed by atoms with van der Waals surface area (Å²) in [7, 11) is 4.06. The van der Waals surface area contributed by atoms with Crippen molar-refractivity contribution in [2.45, 2.75) is 58.4 Å². The van der Waals surface area contributed by atoms with Crippen molar-refractivity contribution in [3.63, 3.8) is 0 Å². The van der Waals surface area contributed by atoms with Crippen LogP contribution in [0.3, 0.4) is 0 Å². The van der Waals surface area contributed by atoms with Gasteiger partial charge in [0.2, 0.25) is 0 Å². The Bertz CT molecular complexity index is 846. The predicted octanol–water partition coefficient (Wildman–Crippen LogP) is 5.01. The van der Waals surface area contributed by atoms with Gasteiger partial charge in [0.25, 0.3) is 0 Å². The molecule has 2 amide bonds. The highest BCUT2D eigenvalue weighted by atomic mass is 32.2. The van der Waals surface area contributed by atoms with Gasteiger partial charge in [0.05, 0.1) is 30.1 Å². The number of piperidine rings is 1. The average molecular weight is 451 g/mol. The number of carbonyl (C=O) groups is 1. The Morgan fingerprint density at radius 1 is 1.30 bits per heavy atom. The quantitative estimate of drug-likeness (QED) is 0.580. The van der Waals surface area contributed by atoms with Gasteiger partial charge in [-0.2, -0.15) is 5.10 Å². The molecule has 3 heterocycles. The van der Waals surface area contributed by atoms with Crippen LogP contribution in [0, 0.1) is 0 Å². The zero-order valence-corrected chi connectivity index (χ0v) is 20.4. The maximum Gasteiger partial charge on any atom is 0.331 e. The monoisotopic (exact) mass is 450 g/mol. The minimum absolute atomic E-state index is 0.197. The number of hydrogen-bond acceptors (Lipinski definition) is 6. The van der Waals surface area contributed by atoms with Crippen LogP contribution < -0.4 is 14.3 Å². The molecule has 1 saturated heterocycles. The fourth-order valence-electron chi connectivity index (χ4n) is 3.65. The van der Waals surface area contributed by atoms with Gasteiger partial charge in [0.1, 0.15) is 5.00 Å². The number of likely N-dealkylation sites (tertiary alicyclic amines) is 1. The van der Waals surface area contributed by atoms with Crippen LogP contribution in [0.2, 0.25) is 0 Å². The highest BCUT2D eigenvalue weighted by molar-refractivity contribution is 7.99. The van der Waals surface area contributed by atoms with E-state index in [1.807, 2.05) is 19.4 Å². The molecule has 2 aromatic heterocycles. The number of aromatic nitrogens is 2. The van der Waals surface area contributed by atoms with E-state index in [-0.39, 0.29) is 6.03 Å². The van der Waals surface area contributed by atoms with Gasteiger partial charge in [0.15, 0.2) is 0 Å². The van der Waals surface area contributed by atoms with Crippen LogP contribution in [-0.4, -0.2) is 46.9 Å². The molecule has 166 valence electrons. The smallest absolute Gasteiger partial charge is 0.304 e. The van der Waals surface area contributed by atoms with Crippen LogP contribution >= 0.6 is 23.5 Å². The fourth-order valence-corrected chi connectivity index (χ4v) is 5.61. The van der Waals surface area contributed by atoms with Crippen molar-refractivity contribution < 1.29 is 4.79 Å². The van der Waals surface area contributed by atoms with Crippen molar-refractivity contribution in [3.8, 4) is 0 Å². The van der Waals surface area contributed by atoms with Crippen molar-refractivity contribution in [2.24, 2.45) is 7.05 Å². The lowest BCUT2D eigenvalue weighted by molar-refractivity contribution is 0.253. The van der Waals surface area contributed by atoms with Crippen molar-refractivity contribution in [1.29, 1.82) is 0 Å². The van der Waals surface area contributed by atoms with Crippen molar-refractivity contribution in [1.82, 2.24) is 19.4 Å². The van der Waals surface area contributed by atoms with Crippen molar-refractivity contribution in [2.75, 3.05) is 29.8 Å². The molecule has 0 spiro atoms. The molecule has 1 atom stereocenters. The van der Waals surface area contributed by atoms with Gasteiger partial charge < -0.3 is 4.90 Å². The molecule has 1 unspecified atom stereocenters. The molecule has 0 bridgehead atoms. The molecule has 0 aliphatic carbocycles. The standard InChI is InChI=1S/C21H34N6OS2/c1-14(2)18-10-19(15(3)4)29-20(18)23-21(28)24-30-27(17-11-22-26(6)13-17)16-8-7-9-25(5)12-16/h10-11,13-16H,7-9,12H2,1-6H3,(H2,23,24,28). The molecule has 0 radical (unpaired) electrons. The number of carbonyl (C=O) groups excluding carboxylic acids is 1. The Balaban J connectivity index is 1.69. The third-order valence-electron chi connectivity index (χ3n) is 5.31. The number of rotatable bonds is 7. The topological polar surface area (TPSA) is 65.4 Å². The van der Waals surface area contributed by atoms with Crippen molar-refractivity contribution >= 4 is 40.2 Å². The highest BCUT2D eigenvalue weighted by Crippen LogP contribution is 2.37. The second kappa shape index (κ2) is 10.1. The number of thiophene rings is 1. The second-order valence-electron chi connectivity index (χ2n) is 8.65. The van der Waals surface area contributed by atoms with Gasteiger partial charge >= 0.3 is 6.03 Å². The van der Waals surface area contributed by atoms with Crippen LogP contribution in [-0.2, 0) is 7.05 Å². The van der Waals surface area contributed by atoms with Gasteiger partial charge in [-0.3, -0.25) is 19.0 Å². The molecular formula is C21H34N6OS2. The highest BCUT2D eigenvalue weighted by Gasteiger charge is 2.26. The summed E-state index contributed by atoms with van der Waals surface area (Å²) in [6, 6.07) is 2.35. The normalized spacial score (nSPS) is 17.5. The number of hydrogen-bond donors (Lipinski definition) is 2. The lowest BCUT2D eigenvalue weighted by Crippen LogP contribution is -2.45. The lowest BCUT2D eigenvalue weighted by atomic mass is 10.0. The number of nitrogens with zero attached hydrogens (tertiary/aromatic N) is 4. The molecule has 1 fully saturated rings. The van der Waals surface area contributed by atoms with E-state index in [2.05, 4.69) is 65.2 Å². The Morgan fingerprint density at radius 3 is 2.67 bits per heavy atom. The molecule has 3 rings (SSSR count). The van der Waals surface area contributed by atoms with Gasteiger partial charge in [-0.25, -0.2) is 4.79 Å². The maximum absolute atomic E-state index is 12.8. The Morgan fingerprint density at radius 2 is 2.07 bits per heavy atom. The molecule has 2 aromatic rings. The van der Waals surface area contributed by atoms with E-state index in [9.17, 15) is 4.79 Å². The minimum Gasteiger partial charge on any atom is -0.304 e. The molecule has 0 saturated carbocycles. The number of likely N-dealkylation sites (N-methyl/N-ethyl adjacent to an activating group) is 1. The third-order valence-corrected chi connectivity index (χ3v) is 7.66. The zero-order chi connectivity index (χ0) is 21.8. The van der Waals surface area contributed by atoms with E-state index in [1.54, 1.807) is 16.0 Å². The van der Waals surface area contributed by atoms with E-state index in [4.69, 9.17) is 0 Å². The lowest BCUT2D eigenvalue weighted by Gasteiger charge is -2.37. The fraction of sp³-hybridized carbons (Fsp3) is 0.619. The summed E-state index contributed by atoms with van der Waals surface area (Å²) in [6.07, 6.45) is 6.09. The number of amides is 2. The van der Waals surface area contributed by atoms with E-state index >= 15 is 0 Å². The van der Waals surface area contributed by atoms with Crippen LogP contribution in [0.25, 0.3) is 0 Å². The maximum atomic E-state index is 12.8. The molecule has 9 heteroatoms. The number of nitrogens with one attached hydrogen (secondary N) is 2. The summed E-state index contributed by atoms with van der Waals surface area (Å²) in [5.74, 6) is 0.811. The first-order chi connectivity index (χ1) is 14.2. The zero-order valence-electron chi connectivity index (χ0n) is 18.8. The van der Waals surface area contributed by atoms with E-state index in [1.165, 1.54) is 22.6 Å². The number of aryl methyl sites for hydroxylation is 1. The Labute approximate surface area is 188 Å². The average Bonchev–Trinajstić information content (AvgIpc) is 3.29. The first-order valence-electron chi connectivity index (χ1n) is 10.6. The van der Waals surface area contributed by atoms with Crippen LogP contribution in [0.4, 0.5) is 15.5 Å². The molecule has 2 N–H and O–H groups in total. The van der Waals surface area contributed by atoms with Gasteiger partial charge in [-0.1, -0.05) is 27.7 Å². The van der Waals surface area contributed by atoms with Crippen molar-refractivity contribution in [3.05, 3.63) is 28.9 Å². The van der Waals surface area contributed by atoms with E-state index in [0.29, 0.717) is 17.9 Å². The predicted molar refractivity (Wildman–Crippen MR) is 128 cm³/mol. The molecule has 7 nitrogen and oxygen atoms in total. The largest absolute Gasteiger partial charge is 0.331 e. The number of urea groups is 1. The summed E-state index contributed by atoms with van der Waals surface area (Å²) in [4.78, 5) is 16.4. The third kappa shape index (κ3) is 5.70. The minimum atomic E-state index is -0.197. The van der Waals surface area contributed by atoms with Crippen LogP contribution in [0.15, 0.2) is 18.5 Å². The summed E-state index contributed by atoms with van der Waals surface area (Å²) in [5, 5.41) is 8.34. The first kappa shape index (κ1) is 23.0. The summed E-state index contributed by atoms with van der Waals surface area (Å²) in [6.45, 7) is 10.8. The van der Waals surface area contributed by atoms with E-state index in [0.717, 1.165) is 36.6 Å². The van der Waals surface area contributed by atoms with E-state index < -0.39 is 0 Å². The molecule has 30 heavy (non-hydrogen) atoms. The first-order valence-corrected chi connectivity index (χ1v) is 12.2. The molecule has 0 aromatic carbocycles. The Hall–Kier alpha value is -1.71. The van der Waals surface area contributed by atoms with Crippen LogP contribution in [0.1, 0.15) is 62.8 Å². The SMILES string of the molecule is CC(C)c1cc(C(C)C)c(NC(=O)NSN(c2cnn(C)c2)C2CCCN(C)C2)s1. The molecule has 1 aliphatic rings. The molecular weight excluding hydrogens is 416 g/mol. The number of anilines is 2. The summed E-state index contributed by atoms with van der Waals surface area (Å²) < 4.78 is 6.97. The van der Waals surface area contributed by atoms with Gasteiger partial charge in [-0.15, -0.1) is 11.3 Å². The van der Waals surface area contributed by atoms with Gasteiger partial charge in [0, 0.05) is 24.7 Å². The van der Waals surface area contributed by atoms with Gasteiger partial charge in [-0.05, 0) is 49.9 Å². The molecule has 1 aliphatic heterocycles. The summed E-state index contributed by atoms with van der Waals surface area (Å²) in [5.41, 5.74) is 2.20. The second-order valence-corrected chi connectivity index (χ2v) is 10.5. The Kier molecular flexibility index (Phi) is 7.70. The van der Waals surface area contributed by atoms with Crippen LogP contribution in [0.5, 0.6) is 0 Å². The summed E-state index contributed by atoms with van der Waals surface area (Å²) >= 11 is 3.02.